The van der Waals surface area contributed by atoms with Crippen molar-refractivity contribution in [1.29, 1.82) is 0 Å². The Morgan fingerprint density at radius 1 is 1.11 bits per heavy atom. The van der Waals surface area contributed by atoms with Crippen LogP contribution in [0.15, 0.2) is 52.5 Å². The van der Waals surface area contributed by atoms with Gasteiger partial charge in [0.15, 0.2) is 0 Å². The number of benzene rings is 2. The van der Waals surface area contributed by atoms with E-state index in [1.807, 2.05) is 6.92 Å². The lowest BCUT2D eigenvalue weighted by atomic mass is 10.1. The zero-order chi connectivity index (χ0) is 19.7. The number of amides is 4. The van der Waals surface area contributed by atoms with Gasteiger partial charge in [0, 0.05) is 4.47 Å². The second-order valence-electron chi connectivity index (χ2n) is 5.82. The van der Waals surface area contributed by atoms with E-state index in [1.54, 1.807) is 18.2 Å². The van der Waals surface area contributed by atoms with Gasteiger partial charge < -0.3 is 5.11 Å². The highest BCUT2D eigenvalue weighted by Crippen LogP contribution is 2.26. The summed E-state index contributed by atoms with van der Waals surface area (Å²) in [5.74, 6) is -2.65. The Labute approximate surface area is 162 Å². The maximum Gasteiger partial charge on any atom is 0.335 e. The predicted octanol–water partition coefficient (Wildman–Crippen LogP) is 3.12. The van der Waals surface area contributed by atoms with Crippen molar-refractivity contribution in [1.82, 2.24) is 5.32 Å². The van der Waals surface area contributed by atoms with E-state index in [9.17, 15) is 19.2 Å². The van der Waals surface area contributed by atoms with Gasteiger partial charge in [-0.2, -0.15) is 0 Å². The number of hydrogen-bond donors (Lipinski definition) is 2. The zero-order valence-corrected chi connectivity index (χ0v) is 15.6. The molecule has 7 nitrogen and oxygen atoms in total. The van der Waals surface area contributed by atoms with E-state index in [-0.39, 0.29) is 11.1 Å². The number of hydrogen-bond acceptors (Lipinski definition) is 4. The summed E-state index contributed by atoms with van der Waals surface area (Å²) in [6.45, 7) is 1.81. The van der Waals surface area contributed by atoms with Crippen molar-refractivity contribution in [2.45, 2.75) is 6.92 Å². The van der Waals surface area contributed by atoms with Crippen LogP contribution >= 0.6 is 15.9 Å². The molecule has 4 amide bonds. The molecule has 0 saturated carbocycles. The molecule has 2 aromatic rings. The number of nitrogens with zero attached hydrogens (tertiary/aromatic N) is 1. The molecule has 8 heteroatoms. The van der Waals surface area contributed by atoms with E-state index in [2.05, 4.69) is 21.2 Å². The van der Waals surface area contributed by atoms with E-state index in [1.165, 1.54) is 30.3 Å². The van der Waals surface area contributed by atoms with Crippen molar-refractivity contribution in [2.24, 2.45) is 0 Å². The van der Waals surface area contributed by atoms with Crippen LogP contribution in [0.3, 0.4) is 0 Å². The largest absolute Gasteiger partial charge is 0.478 e. The van der Waals surface area contributed by atoms with Gasteiger partial charge in [-0.05, 0) is 54.5 Å². The second-order valence-corrected chi connectivity index (χ2v) is 6.67. The molecule has 1 fully saturated rings. The molecule has 0 unspecified atom stereocenters. The van der Waals surface area contributed by atoms with E-state index in [4.69, 9.17) is 5.11 Å². The number of nitrogens with one attached hydrogen (secondary N) is 1. The number of aromatic carboxylic acids is 1. The molecule has 2 N–H and O–H groups in total. The number of carboxylic acid groups (broad SMARTS) is 1. The van der Waals surface area contributed by atoms with Gasteiger partial charge in [0.1, 0.15) is 5.57 Å². The number of barbiturate groups is 1. The van der Waals surface area contributed by atoms with Crippen molar-refractivity contribution >= 4 is 51.5 Å². The zero-order valence-electron chi connectivity index (χ0n) is 14.0. The fourth-order valence-corrected chi connectivity index (χ4v) is 2.80. The lowest BCUT2D eigenvalue weighted by molar-refractivity contribution is -0.122. The van der Waals surface area contributed by atoms with Crippen molar-refractivity contribution < 1.29 is 24.3 Å². The molecule has 136 valence electrons. The molecule has 1 aliphatic heterocycles. The Kier molecular flexibility index (Phi) is 4.91. The number of rotatable bonds is 3. The average molecular weight is 429 g/mol. The third kappa shape index (κ3) is 3.65. The van der Waals surface area contributed by atoms with Gasteiger partial charge in [0.25, 0.3) is 11.8 Å². The Hall–Kier alpha value is -3.26. The van der Waals surface area contributed by atoms with Crippen LogP contribution in [-0.4, -0.2) is 28.9 Å². The summed E-state index contributed by atoms with van der Waals surface area (Å²) in [7, 11) is 0. The molecule has 0 radical (unpaired) electrons. The fraction of sp³-hybridized carbons (Fsp3) is 0.0526. The van der Waals surface area contributed by atoms with Crippen LogP contribution in [0.5, 0.6) is 0 Å². The van der Waals surface area contributed by atoms with Crippen LogP contribution in [0.1, 0.15) is 21.5 Å². The quantitative estimate of drug-likeness (QED) is 0.577. The number of halogens is 1. The Bertz CT molecular complexity index is 1010. The summed E-state index contributed by atoms with van der Waals surface area (Å²) >= 11 is 3.35. The highest BCUT2D eigenvalue weighted by Gasteiger charge is 2.36. The van der Waals surface area contributed by atoms with Crippen LogP contribution in [-0.2, 0) is 9.59 Å². The number of urea groups is 1. The molecule has 27 heavy (non-hydrogen) atoms. The third-order valence-electron chi connectivity index (χ3n) is 3.97. The molecule has 0 spiro atoms. The number of anilines is 1. The number of carbonyl (C=O) groups is 4. The summed E-state index contributed by atoms with van der Waals surface area (Å²) in [4.78, 5) is 48.9. The van der Waals surface area contributed by atoms with Crippen molar-refractivity contribution in [3.8, 4) is 0 Å². The lowest BCUT2D eigenvalue weighted by Gasteiger charge is -2.26. The first-order valence-corrected chi connectivity index (χ1v) is 8.58. The highest BCUT2D eigenvalue weighted by molar-refractivity contribution is 9.10. The number of carbonyl (C=O) groups excluding carboxylic acids is 3. The minimum atomic E-state index is -1.08. The smallest absolute Gasteiger partial charge is 0.335 e. The van der Waals surface area contributed by atoms with Crippen LogP contribution < -0.4 is 10.2 Å². The Balaban J connectivity index is 1.99. The molecule has 1 saturated heterocycles. The maximum atomic E-state index is 12.8. The van der Waals surface area contributed by atoms with Gasteiger partial charge in [-0.1, -0.05) is 28.1 Å². The van der Waals surface area contributed by atoms with Crippen molar-refractivity contribution in [3.63, 3.8) is 0 Å². The fourth-order valence-electron chi connectivity index (χ4n) is 2.55. The summed E-state index contributed by atoms with van der Waals surface area (Å²) in [6, 6.07) is 9.78. The third-order valence-corrected chi connectivity index (χ3v) is 4.86. The van der Waals surface area contributed by atoms with Gasteiger partial charge in [-0.25, -0.2) is 14.5 Å². The van der Waals surface area contributed by atoms with Crippen LogP contribution in [0.4, 0.5) is 10.5 Å². The molecular weight excluding hydrogens is 416 g/mol. The van der Waals surface area contributed by atoms with Crippen molar-refractivity contribution in [3.05, 3.63) is 69.2 Å². The van der Waals surface area contributed by atoms with Crippen LogP contribution in [0.2, 0.25) is 0 Å². The first kappa shape index (κ1) is 18.5. The van der Waals surface area contributed by atoms with E-state index in [0.29, 0.717) is 11.3 Å². The topological polar surface area (TPSA) is 104 Å². The molecule has 0 bridgehead atoms. The summed E-state index contributed by atoms with van der Waals surface area (Å²) in [5, 5.41) is 11.1. The second kappa shape index (κ2) is 7.16. The monoisotopic (exact) mass is 428 g/mol. The van der Waals surface area contributed by atoms with Gasteiger partial charge in [0.2, 0.25) is 0 Å². The summed E-state index contributed by atoms with van der Waals surface area (Å²) < 4.78 is 0.821. The molecule has 0 aliphatic carbocycles. The minimum absolute atomic E-state index is 0.0821. The standard InChI is InChI=1S/C19H13BrN2O5/c1-10-8-13(6-7-15(10)20)22-17(24)14(16(23)21-19(22)27)9-11-2-4-12(5-3-11)18(25)26/h2-9H,1H3,(H,25,26)(H,21,23,27). The molecule has 1 aliphatic rings. The molecule has 1 heterocycles. The highest BCUT2D eigenvalue weighted by atomic mass is 79.9. The molecular formula is C19H13BrN2O5. The lowest BCUT2D eigenvalue weighted by Crippen LogP contribution is -2.54. The van der Waals surface area contributed by atoms with Crippen LogP contribution in [0.25, 0.3) is 6.08 Å². The molecule has 3 rings (SSSR count). The number of imide groups is 2. The SMILES string of the molecule is Cc1cc(N2C(=O)NC(=O)C(=Cc3ccc(C(=O)O)cc3)C2=O)ccc1Br. The van der Waals surface area contributed by atoms with E-state index >= 15 is 0 Å². The van der Waals surface area contributed by atoms with E-state index < -0.39 is 23.8 Å². The molecule has 0 aromatic heterocycles. The normalized spacial score (nSPS) is 15.9. The maximum absolute atomic E-state index is 12.8. The Morgan fingerprint density at radius 3 is 2.37 bits per heavy atom. The summed E-state index contributed by atoms with van der Waals surface area (Å²) in [5.41, 5.74) is 1.47. The first-order chi connectivity index (χ1) is 12.8. The predicted molar refractivity (Wildman–Crippen MR) is 101 cm³/mol. The number of aryl methyl sites for hydroxylation is 1. The number of carboxylic acids is 1. The van der Waals surface area contributed by atoms with E-state index in [0.717, 1.165) is 14.9 Å². The molecule has 2 aromatic carbocycles. The average Bonchev–Trinajstić information content (AvgIpc) is 2.62. The first-order valence-electron chi connectivity index (χ1n) is 7.79. The van der Waals surface area contributed by atoms with Gasteiger partial charge in [-0.15, -0.1) is 0 Å². The van der Waals surface area contributed by atoms with Crippen LogP contribution in [0, 0.1) is 6.92 Å². The Morgan fingerprint density at radius 2 is 1.78 bits per heavy atom. The summed E-state index contributed by atoms with van der Waals surface area (Å²) in [6.07, 6.45) is 1.31. The van der Waals surface area contributed by atoms with Gasteiger partial charge in [-0.3, -0.25) is 14.9 Å². The minimum Gasteiger partial charge on any atom is -0.478 e. The molecule has 0 atom stereocenters. The van der Waals surface area contributed by atoms with Gasteiger partial charge >= 0.3 is 12.0 Å². The van der Waals surface area contributed by atoms with Crippen molar-refractivity contribution in [2.75, 3.05) is 4.90 Å². The van der Waals surface area contributed by atoms with Gasteiger partial charge in [0.05, 0.1) is 11.3 Å².